The molecule has 12 heavy (non-hydrogen) atoms. The van der Waals surface area contributed by atoms with E-state index in [0.717, 1.165) is 4.31 Å². The second-order valence-electron chi connectivity index (χ2n) is 2.61. The number of carboxylic acids is 1. The second-order valence-corrected chi connectivity index (χ2v) is 4.03. The lowest BCUT2D eigenvalue weighted by Crippen LogP contribution is -2.43. The van der Waals surface area contributed by atoms with Gasteiger partial charge in [0.1, 0.15) is 7.45 Å². The van der Waals surface area contributed by atoms with Crippen molar-refractivity contribution >= 4 is 16.2 Å². The van der Waals surface area contributed by atoms with Crippen molar-refractivity contribution in [1.82, 2.24) is 4.31 Å². The summed E-state index contributed by atoms with van der Waals surface area (Å²) < 4.78 is 29.5. The van der Waals surface area contributed by atoms with Crippen LogP contribution in [0.1, 0.15) is 12.8 Å². The molecule has 0 aromatic heterocycles. The van der Waals surface area contributed by atoms with E-state index in [4.69, 9.17) is 6.52 Å². The Morgan fingerprint density at radius 2 is 2.42 bits per heavy atom. The molecule has 7 heteroatoms. The van der Waals surface area contributed by atoms with Crippen LogP contribution in [0.25, 0.3) is 0 Å². The molecule has 1 aliphatic heterocycles. The van der Waals surface area contributed by atoms with Gasteiger partial charge in [-0.3, -0.25) is 4.79 Å². The average molecular weight is 195 g/mol. The number of aliphatic carboxylic acids is 1. The van der Waals surface area contributed by atoms with Gasteiger partial charge in [0.2, 0.25) is 0 Å². The van der Waals surface area contributed by atoms with Crippen molar-refractivity contribution in [3.8, 4) is 0 Å². The first-order chi connectivity index (χ1) is 5.99. The third-order valence-corrected chi connectivity index (χ3v) is 2.85. The summed E-state index contributed by atoms with van der Waals surface area (Å²) in [5.74, 6) is -1.17. The van der Waals surface area contributed by atoms with Crippen LogP contribution in [0.4, 0.5) is 0 Å². The Labute approximate surface area is 71.6 Å². The van der Waals surface area contributed by atoms with Gasteiger partial charge in [-0.25, -0.2) is 5.13 Å². The van der Waals surface area contributed by atoms with Crippen LogP contribution in [-0.4, -0.2) is 36.4 Å². The summed E-state index contributed by atoms with van der Waals surface area (Å²) in [6.07, 6.45) is 0.814. The van der Waals surface area contributed by atoms with Crippen LogP contribution in [0.3, 0.4) is 0 Å². The quantitative estimate of drug-likeness (QED) is 0.586. The Bertz CT molecular complexity index is 304. The average Bonchev–Trinajstić information content (AvgIpc) is 2.52. The van der Waals surface area contributed by atoms with Crippen molar-refractivity contribution in [3.63, 3.8) is 0 Å². The summed E-state index contributed by atoms with van der Waals surface area (Å²) in [7, 11) is -3.92. The van der Waals surface area contributed by atoms with E-state index in [2.05, 4.69) is 0 Å². The van der Waals surface area contributed by atoms with Gasteiger partial charge in [0, 0.05) is 6.54 Å². The zero-order chi connectivity index (χ0) is 10.1. The van der Waals surface area contributed by atoms with Crippen LogP contribution in [-0.2, 0) is 15.0 Å². The third kappa shape index (κ3) is 1.74. The van der Waals surface area contributed by atoms with Crippen LogP contribution in [0.5, 0.6) is 0 Å². The molecule has 1 heterocycles. The van der Waals surface area contributed by atoms with Gasteiger partial charge in [0.25, 0.3) is 10.2 Å². The Morgan fingerprint density at radius 3 is 2.92 bits per heavy atom. The van der Waals surface area contributed by atoms with Gasteiger partial charge in [-0.15, -0.1) is 0 Å². The third-order valence-electron chi connectivity index (χ3n) is 1.80. The molecular formula is C5H10N2O4S. The Morgan fingerprint density at radius 1 is 1.75 bits per heavy atom. The summed E-state index contributed by atoms with van der Waals surface area (Å²) in [5, 5.41) is 10.0. The van der Waals surface area contributed by atoms with Gasteiger partial charge in [-0.1, -0.05) is 0 Å². The molecule has 0 spiro atoms. The van der Waals surface area contributed by atoms with Crippen molar-refractivity contribution in [2.24, 2.45) is 5.13 Å². The maximum atomic E-state index is 11.1. The minimum Gasteiger partial charge on any atom is -0.480 e. The molecule has 1 aliphatic rings. The topological polar surface area (TPSA) is 101 Å². The minimum absolute atomic E-state index is 0.158. The van der Waals surface area contributed by atoms with Gasteiger partial charge < -0.3 is 5.11 Å². The van der Waals surface area contributed by atoms with E-state index >= 15 is 0 Å². The van der Waals surface area contributed by atoms with Crippen LogP contribution < -0.4 is 5.13 Å². The van der Waals surface area contributed by atoms with E-state index in [1.165, 1.54) is 5.13 Å². The van der Waals surface area contributed by atoms with Crippen LogP contribution in [0.2, 0.25) is 1.41 Å². The molecule has 0 saturated carbocycles. The predicted octanol–water partition coefficient (Wildman–Crippen LogP) is -1.26. The fourth-order valence-corrected chi connectivity index (χ4v) is 2.17. The Kier molecular flexibility index (Phi) is 1.99. The molecule has 0 aromatic carbocycles. The summed E-state index contributed by atoms with van der Waals surface area (Å²) in [6.45, 7) is 0.158. The first-order valence-corrected chi connectivity index (χ1v) is 4.86. The molecule has 70 valence electrons. The Hall–Kier alpha value is -0.660. The highest BCUT2D eigenvalue weighted by atomic mass is 32.2. The van der Waals surface area contributed by atoms with Crippen LogP contribution in [0, 0.1) is 0 Å². The first kappa shape index (κ1) is 7.96. The SMILES string of the molecule is [2H]NS(=O)(=O)N1CCCC1C(=O)O. The zero-order valence-corrected chi connectivity index (χ0v) is 7.04. The van der Waals surface area contributed by atoms with E-state index in [1.54, 1.807) is 0 Å². The minimum atomic E-state index is -3.92. The molecule has 1 saturated heterocycles. The smallest absolute Gasteiger partial charge is 0.322 e. The highest BCUT2D eigenvalue weighted by Crippen LogP contribution is 2.18. The van der Waals surface area contributed by atoms with Gasteiger partial charge in [-0.05, 0) is 12.8 Å². The molecule has 0 bridgehead atoms. The van der Waals surface area contributed by atoms with E-state index in [1.807, 2.05) is 0 Å². The Balaban J connectivity index is 2.86. The van der Waals surface area contributed by atoms with Crippen molar-refractivity contribution in [1.29, 1.82) is 0 Å². The van der Waals surface area contributed by atoms with Crippen molar-refractivity contribution in [2.45, 2.75) is 18.9 Å². The van der Waals surface area contributed by atoms with E-state index in [9.17, 15) is 13.2 Å². The summed E-state index contributed by atoms with van der Waals surface area (Å²) in [6, 6.07) is -1.03. The van der Waals surface area contributed by atoms with Crippen LogP contribution in [0.15, 0.2) is 0 Å². The maximum absolute atomic E-state index is 11.1. The number of nitrogens with zero attached hydrogens (tertiary/aromatic N) is 1. The van der Waals surface area contributed by atoms with Gasteiger partial charge in [-0.2, -0.15) is 12.7 Å². The van der Waals surface area contributed by atoms with Crippen molar-refractivity contribution in [2.75, 3.05) is 6.54 Å². The lowest BCUT2D eigenvalue weighted by atomic mass is 10.2. The van der Waals surface area contributed by atoms with Crippen molar-refractivity contribution < 1.29 is 19.7 Å². The molecule has 0 radical (unpaired) electrons. The summed E-state index contributed by atoms with van der Waals surface area (Å²) in [4.78, 5) is 10.6. The number of rotatable bonds is 3. The molecule has 1 atom stereocenters. The molecule has 1 unspecified atom stereocenters. The summed E-state index contributed by atoms with van der Waals surface area (Å²) in [5.41, 5.74) is 0. The van der Waals surface area contributed by atoms with E-state index in [0.29, 0.717) is 12.8 Å². The molecule has 0 aromatic rings. The monoisotopic (exact) mass is 195 g/mol. The fourth-order valence-electron chi connectivity index (χ4n) is 1.27. The van der Waals surface area contributed by atoms with Gasteiger partial charge >= 0.3 is 5.97 Å². The van der Waals surface area contributed by atoms with Crippen molar-refractivity contribution in [3.05, 3.63) is 0 Å². The lowest BCUT2D eigenvalue weighted by molar-refractivity contribution is -0.140. The molecular weight excluding hydrogens is 184 g/mol. The largest absolute Gasteiger partial charge is 0.480 e. The fraction of sp³-hybridized carbons (Fsp3) is 0.800. The maximum Gasteiger partial charge on any atom is 0.322 e. The predicted molar refractivity (Wildman–Crippen MR) is 40.5 cm³/mol. The normalized spacial score (nSPS) is 27.0. The highest BCUT2D eigenvalue weighted by molar-refractivity contribution is 7.86. The van der Waals surface area contributed by atoms with Crippen LogP contribution >= 0.6 is 0 Å². The van der Waals surface area contributed by atoms with Gasteiger partial charge in [0.05, 0.1) is 0 Å². The second kappa shape index (κ2) is 3.00. The number of nitrogens with two attached hydrogens (primary N) is 1. The number of hydrogen-bond acceptors (Lipinski definition) is 3. The summed E-state index contributed by atoms with van der Waals surface area (Å²) >= 11 is 0. The number of carboxylic acid groups (broad SMARTS) is 1. The molecule has 1 fully saturated rings. The molecule has 0 amide bonds. The molecule has 6 nitrogen and oxygen atoms in total. The van der Waals surface area contributed by atoms with E-state index < -0.39 is 22.2 Å². The van der Waals surface area contributed by atoms with Gasteiger partial charge in [0.15, 0.2) is 0 Å². The zero-order valence-electron chi connectivity index (χ0n) is 7.23. The molecule has 0 aliphatic carbocycles. The lowest BCUT2D eigenvalue weighted by Gasteiger charge is -2.17. The first-order valence-electron chi connectivity index (χ1n) is 3.92. The number of hydrogen-bond donors (Lipinski definition) is 2. The number of carbonyl (C=O) groups is 1. The van der Waals surface area contributed by atoms with E-state index in [-0.39, 0.29) is 6.54 Å². The molecule has 1 rings (SSSR count). The standard InChI is InChI=1S/C5H10N2O4S/c6-12(10,11)7-3-1-2-4(7)5(8)9/h4H,1-3H2,(H,8,9)(H2,6,10,11)/i/hD. The highest BCUT2D eigenvalue weighted by Gasteiger charge is 2.36. The molecule has 3 N–H and O–H groups in total.